The van der Waals surface area contributed by atoms with Crippen LogP contribution in [-0.4, -0.2) is 15.3 Å². The maximum absolute atomic E-state index is 9.93. The molecule has 3 rings (SSSR count). The number of hydrogen-bond donors (Lipinski definition) is 3. The van der Waals surface area contributed by atoms with E-state index in [9.17, 15) is 15.3 Å². The minimum absolute atomic E-state index is 0.238. The van der Waals surface area contributed by atoms with Crippen molar-refractivity contribution in [2.24, 2.45) is 0 Å². The van der Waals surface area contributed by atoms with Crippen LogP contribution in [0.1, 0.15) is 36.5 Å². The van der Waals surface area contributed by atoms with Gasteiger partial charge in [0.15, 0.2) is 0 Å². The highest BCUT2D eigenvalue weighted by Crippen LogP contribution is 2.39. The van der Waals surface area contributed by atoms with Crippen LogP contribution < -0.4 is 0 Å². The molecule has 0 aliphatic rings. The molecule has 0 bridgehead atoms. The van der Waals surface area contributed by atoms with Crippen LogP contribution in [0.4, 0.5) is 0 Å². The number of benzene rings is 3. The van der Waals surface area contributed by atoms with Gasteiger partial charge in [0.25, 0.3) is 0 Å². The van der Waals surface area contributed by atoms with E-state index in [-0.39, 0.29) is 22.7 Å². The molecule has 0 saturated carbocycles. The van der Waals surface area contributed by atoms with Crippen molar-refractivity contribution in [1.82, 2.24) is 0 Å². The second-order valence-electron chi connectivity index (χ2n) is 6.96. The highest BCUT2D eigenvalue weighted by Gasteiger charge is 2.29. The highest BCUT2D eigenvalue weighted by molar-refractivity contribution is 5.43. The Balaban J connectivity index is 1.88. The summed E-state index contributed by atoms with van der Waals surface area (Å²) in [6, 6.07) is 22.0. The zero-order valence-corrected chi connectivity index (χ0v) is 14.9. The molecule has 134 valence electrons. The molecule has 26 heavy (non-hydrogen) atoms. The molecule has 3 aromatic rings. The van der Waals surface area contributed by atoms with Crippen molar-refractivity contribution in [2.45, 2.75) is 31.6 Å². The Morgan fingerprint density at radius 1 is 0.692 bits per heavy atom. The molecular formula is C23H24O3. The molecule has 3 N–H and O–H groups in total. The Hall–Kier alpha value is -2.94. The lowest BCUT2D eigenvalue weighted by Crippen LogP contribution is -2.24. The lowest BCUT2D eigenvalue weighted by atomic mass is 9.72. The second kappa shape index (κ2) is 7.52. The predicted octanol–water partition coefficient (Wildman–Crippen LogP) is 5.13. The summed E-state index contributed by atoms with van der Waals surface area (Å²) in [5, 5.41) is 29.5. The zero-order chi connectivity index (χ0) is 18.6. The van der Waals surface area contributed by atoms with Crippen molar-refractivity contribution < 1.29 is 15.3 Å². The summed E-state index contributed by atoms with van der Waals surface area (Å²) in [6.07, 6.45) is 2.60. The van der Waals surface area contributed by atoms with E-state index in [0.29, 0.717) is 0 Å². The first-order valence-electron chi connectivity index (χ1n) is 8.84. The number of aromatic hydroxyl groups is 3. The molecule has 0 spiro atoms. The summed E-state index contributed by atoms with van der Waals surface area (Å²) in [4.78, 5) is 0. The lowest BCUT2D eigenvalue weighted by Gasteiger charge is -2.31. The smallest absolute Gasteiger partial charge is 0.115 e. The van der Waals surface area contributed by atoms with Crippen LogP contribution in [0.15, 0.2) is 72.8 Å². The van der Waals surface area contributed by atoms with E-state index in [1.807, 2.05) is 36.4 Å². The van der Waals surface area contributed by atoms with Crippen LogP contribution in [0.2, 0.25) is 0 Å². The van der Waals surface area contributed by atoms with Crippen molar-refractivity contribution in [3.05, 3.63) is 89.5 Å². The number of phenolic OH excluding ortho intramolecular Hbond substituents is 3. The first-order valence-corrected chi connectivity index (χ1v) is 8.84. The zero-order valence-electron chi connectivity index (χ0n) is 14.9. The monoisotopic (exact) mass is 348 g/mol. The van der Waals surface area contributed by atoms with Crippen molar-refractivity contribution in [3.63, 3.8) is 0 Å². The Kier molecular flexibility index (Phi) is 5.17. The van der Waals surface area contributed by atoms with E-state index in [2.05, 4.69) is 6.92 Å². The first-order chi connectivity index (χ1) is 12.5. The van der Waals surface area contributed by atoms with Gasteiger partial charge in [-0.2, -0.15) is 0 Å². The molecule has 0 aliphatic heterocycles. The predicted molar refractivity (Wildman–Crippen MR) is 104 cm³/mol. The molecule has 0 amide bonds. The van der Waals surface area contributed by atoms with Gasteiger partial charge >= 0.3 is 0 Å². The summed E-state index contributed by atoms with van der Waals surface area (Å²) < 4.78 is 0. The second-order valence-corrected chi connectivity index (χ2v) is 6.96. The average Bonchev–Trinajstić information content (AvgIpc) is 2.61. The van der Waals surface area contributed by atoms with Crippen LogP contribution in [-0.2, 0) is 11.8 Å². The van der Waals surface area contributed by atoms with Gasteiger partial charge in [0.1, 0.15) is 17.2 Å². The van der Waals surface area contributed by atoms with Gasteiger partial charge in [0.05, 0.1) is 0 Å². The van der Waals surface area contributed by atoms with Gasteiger partial charge in [-0.1, -0.05) is 43.3 Å². The SMILES string of the molecule is CC(CCCc1cccc(O)c1)(c1cccc(O)c1)c1cccc(O)c1. The highest BCUT2D eigenvalue weighted by atomic mass is 16.3. The molecule has 0 fully saturated rings. The molecule has 0 aromatic heterocycles. The molecule has 0 heterocycles. The molecule has 3 aromatic carbocycles. The van der Waals surface area contributed by atoms with Crippen molar-refractivity contribution >= 4 is 0 Å². The first kappa shape index (κ1) is 17.9. The summed E-state index contributed by atoms with van der Waals surface area (Å²) in [5.74, 6) is 0.759. The normalized spacial score (nSPS) is 11.4. The molecule has 3 heteroatoms. The fourth-order valence-corrected chi connectivity index (χ4v) is 3.51. The molecule has 0 atom stereocenters. The third-order valence-corrected chi connectivity index (χ3v) is 5.02. The van der Waals surface area contributed by atoms with Crippen LogP contribution >= 0.6 is 0 Å². The van der Waals surface area contributed by atoms with Crippen LogP contribution in [0.5, 0.6) is 17.2 Å². The molecule has 0 aliphatic carbocycles. The van der Waals surface area contributed by atoms with Gasteiger partial charge in [-0.05, 0) is 72.4 Å². The van der Waals surface area contributed by atoms with E-state index in [1.165, 1.54) is 0 Å². The van der Waals surface area contributed by atoms with Crippen LogP contribution in [0.25, 0.3) is 0 Å². The maximum Gasteiger partial charge on any atom is 0.115 e. The molecular weight excluding hydrogens is 324 g/mol. The number of rotatable bonds is 6. The third kappa shape index (κ3) is 3.99. The van der Waals surface area contributed by atoms with E-state index < -0.39 is 0 Å². The Bertz CT molecular complexity index is 840. The van der Waals surface area contributed by atoms with Gasteiger partial charge in [0, 0.05) is 5.41 Å². The largest absolute Gasteiger partial charge is 0.508 e. The molecule has 0 unspecified atom stereocenters. The minimum Gasteiger partial charge on any atom is -0.508 e. The summed E-state index contributed by atoms with van der Waals surface area (Å²) in [6.45, 7) is 2.14. The summed E-state index contributed by atoms with van der Waals surface area (Å²) >= 11 is 0. The van der Waals surface area contributed by atoms with Crippen LogP contribution in [0.3, 0.4) is 0 Å². The third-order valence-electron chi connectivity index (χ3n) is 5.02. The Morgan fingerprint density at radius 2 is 1.19 bits per heavy atom. The fourth-order valence-electron chi connectivity index (χ4n) is 3.51. The fraction of sp³-hybridized carbons (Fsp3) is 0.217. The molecule has 0 saturated heterocycles. The van der Waals surface area contributed by atoms with Gasteiger partial charge < -0.3 is 15.3 Å². The van der Waals surface area contributed by atoms with Crippen LogP contribution in [0, 0.1) is 0 Å². The minimum atomic E-state index is -0.339. The summed E-state index contributed by atoms with van der Waals surface area (Å²) in [7, 11) is 0. The number of hydrogen-bond acceptors (Lipinski definition) is 3. The van der Waals surface area contributed by atoms with Crippen molar-refractivity contribution in [2.75, 3.05) is 0 Å². The number of phenols is 3. The van der Waals surface area contributed by atoms with Gasteiger partial charge in [0.2, 0.25) is 0 Å². The standard InChI is InChI=1S/C23H24O3/c1-23(18-8-3-11-21(25)15-18,19-9-4-12-22(26)16-19)13-5-7-17-6-2-10-20(24)14-17/h2-4,6,8-12,14-16,24-26H,5,7,13H2,1H3. The van der Waals surface area contributed by atoms with Crippen molar-refractivity contribution in [1.29, 1.82) is 0 Å². The maximum atomic E-state index is 9.93. The summed E-state index contributed by atoms with van der Waals surface area (Å²) in [5.41, 5.74) is 2.78. The van der Waals surface area contributed by atoms with E-state index in [0.717, 1.165) is 36.0 Å². The molecule has 0 radical (unpaired) electrons. The van der Waals surface area contributed by atoms with Crippen molar-refractivity contribution in [3.8, 4) is 17.2 Å². The lowest BCUT2D eigenvalue weighted by molar-refractivity contribution is 0.456. The van der Waals surface area contributed by atoms with E-state index in [4.69, 9.17) is 0 Å². The molecule has 3 nitrogen and oxygen atoms in total. The van der Waals surface area contributed by atoms with Gasteiger partial charge in [-0.25, -0.2) is 0 Å². The van der Waals surface area contributed by atoms with Gasteiger partial charge in [-0.15, -0.1) is 0 Å². The van der Waals surface area contributed by atoms with E-state index >= 15 is 0 Å². The Labute approximate surface area is 154 Å². The Morgan fingerprint density at radius 3 is 1.69 bits per heavy atom. The average molecular weight is 348 g/mol. The number of aryl methyl sites for hydroxylation is 1. The quantitative estimate of drug-likeness (QED) is 0.578. The topological polar surface area (TPSA) is 60.7 Å². The van der Waals surface area contributed by atoms with E-state index in [1.54, 1.807) is 36.4 Å². The van der Waals surface area contributed by atoms with Gasteiger partial charge in [-0.3, -0.25) is 0 Å².